The Hall–Kier alpha value is -6.42. The molecule has 4 aromatic carbocycles. The van der Waals surface area contributed by atoms with Crippen LogP contribution < -0.4 is 31.2 Å². The van der Waals surface area contributed by atoms with Gasteiger partial charge in [0, 0.05) is 87.3 Å². The molecule has 15 heteroatoms. The third kappa shape index (κ3) is 16.3. The Labute approximate surface area is 388 Å². The first kappa shape index (κ1) is 48.0. The number of rotatable bonds is 17. The van der Waals surface area contributed by atoms with Crippen LogP contribution in [0.3, 0.4) is 0 Å². The summed E-state index contributed by atoms with van der Waals surface area (Å²) in [5.41, 5.74) is 0.926. The van der Waals surface area contributed by atoms with Gasteiger partial charge in [-0.3, -0.25) is 29.0 Å². The number of nitrogens with one attached hydrogen (secondary N) is 3. The number of nitrogens with zero attached hydrogens (tertiary/aromatic N) is 5. The Bertz CT molecular complexity index is 2430. The van der Waals surface area contributed by atoms with Gasteiger partial charge in [-0.05, 0) is 49.9 Å². The molecule has 2 fully saturated rings. The number of hydrogen-bond acceptors (Lipinski definition) is 12. The van der Waals surface area contributed by atoms with Crippen LogP contribution >= 0.6 is 15.9 Å². The number of benzene rings is 4. The van der Waals surface area contributed by atoms with Gasteiger partial charge in [0.25, 0.3) is 11.1 Å². The van der Waals surface area contributed by atoms with E-state index in [4.69, 9.17) is 9.47 Å². The van der Waals surface area contributed by atoms with Crippen molar-refractivity contribution in [2.75, 3.05) is 68.4 Å². The number of alkyl halides is 1. The third-order valence-corrected chi connectivity index (χ3v) is 11.5. The molecule has 0 bridgehead atoms. The van der Waals surface area contributed by atoms with E-state index < -0.39 is 0 Å². The van der Waals surface area contributed by atoms with E-state index in [0.29, 0.717) is 41.8 Å². The first-order chi connectivity index (χ1) is 31.8. The van der Waals surface area contributed by atoms with Crippen molar-refractivity contribution in [3.05, 3.63) is 178 Å². The number of H-pyrrole nitrogens is 1. The van der Waals surface area contributed by atoms with Gasteiger partial charge >= 0.3 is 0 Å². The Balaban J connectivity index is 0.000000184. The topological polar surface area (TPSA) is 164 Å². The molecular formula is C50H57BrN8O6. The second kappa shape index (κ2) is 26.4. The van der Waals surface area contributed by atoms with Gasteiger partial charge in [-0.2, -0.15) is 0 Å². The highest BCUT2D eigenvalue weighted by Crippen LogP contribution is 2.16. The molecule has 0 aliphatic carbocycles. The SMILES string of the molecule is O=C(CBr)c1ccccc1.O=C(Cn1ccnc(NC2CCN(CCOc3ccccc3)CC2)c1=O)c1ccccc1.O=c1[nH]ccnc1NC1CCN(CCOc2ccccc2)CC1. The number of carbonyl (C=O) groups is 2. The molecule has 0 atom stereocenters. The van der Waals surface area contributed by atoms with Crippen LogP contribution in [0.2, 0.25) is 0 Å². The summed E-state index contributed by atoms with van der Waals surface area (Å²) in [7, 11) is 0. The van der Waals surface area contributed by atoms with E-state index in [1.54, 1.807) is 36.9 Å². The fourth-order valence-corrected chi connectivity index (χ4v) is 7.63. The van der Waals surface area contributed by atoms with Crippen molar-refractivity contribution in [1.29, 1.82) is 0 Å². The first-order valence-corrected chi connectivity index (χ1v) is 23.1. The predicted molar refractivity (Wildman–Crippen MR) is 259 cm³/mol. The van der Waals surface area contributed by atoms with Crippen LogP contribution in [-0.4, -0.2) is 111 Å². The largest absolute Gasteiger partial charge is 0.492 e. The molecular weight excluding hydrogens is 889 g/mol. The molecule has 8 rings (SSSR count). The van der Waals surface area contributed by atoms with Crippen molar-refractivity contribution < 1.29 is 19.1 Å². The fraction of sp³-hybridized carbons (Fsp3) is 0.320. The normalized spacial score (nSPS) is 14.4. The average molecular weight is 946 g/mol. The highest BCUT2D eigenvalue weighted by molar-refractivity contribution is 9.09. The van der Waals surface area contributed by atoms with Crippen LogP contribution in [0.4, 0.5) is 11.6 Å². The number of hydrogen-bond donors (Lipinski definition) is 3. The standard InChI is InChI=1S/C25H28N4O3.C17H22N4O2.C8H7BrO/c30-23(20-7-3-1-4-8-20)19-29-16-13-26-24(25(29)31)27-21-11-14-28(15-12-21)17-18-32-22-9-5-2-6-10-22;22-17-16(18-8-9-19-17)20-14-6-10-21(11-7-14)12-13-23-15-4-2-1-3-5-15;9-6-8(10)7-4-2-1-3-5-7/h1-10,13,16,21H,11-12,14-15,17-19H2,(H,26,27);1-5,8-9,14H,6-7,10-13H2,(H,18,20)(H,19,22);1-5H,6H2. The van der Waals surface area contributed by atoms with Crippen molar-refractivity contribution in [1.82, 2.24) is 29.3 Å². The molecule has 2 aliphatic rings. The van der Waals surface area contributed by atoms with Crippen LogP contribution in [0.5, 0.6) is 11.5 Å². The molecule has 6 aromatic rings. The summed E-state index contributed by atoms with van der Waals surface area (Å²) < 4.78 is 12.9. The van der Waals surface area contributed by atoms with Crippen molar-refractivity contribution in [2.45, 2.75) is 44.3 Å². The molecule has 0 unspecified atom stereocenters. The number of aromatic nitrogens is 4. The minimum Gasteiger partial charge on any atom is -0.492 e. The number of Topliss-reactive ketones (excluding diaryl/α,β-unsaturated/α-hetero) is 2. The smallest absolute Gasteiger partial charge is 0.293 e. The molecule has 2 saturated heterocycles. The van der Waals surface area contributed by atoms with E-state index in [1.165, 1.54) is 4.57 Å². The maximum atomic E-state index is 12.8. The molecule has 3 N–H and O–H groups in total. The van der Waals surface area contributed by atoms with Gasteiger partial charge in [0.1, 0.15) is 24.7 Å². The number of ketones is 2. The lowest BCUT2D eigenvalue weighted by atomic mass is 10.1. The van der Waals surface area contributed by atoms with E-state index >= 15 is 0 Å². The predicted octanol–water partition coefficient (Wildman–Crippen LogP) is 7.07. The summed E-state index contributed by atoms with van der Waals surface area (Å²) in [5.74, 6) is 2.55. The van der Waals surface area contributed by atoms with Gasteiger partial charge < -0.3 is 29.7 Å². The molecule has 14 nitrogen and oxygen atoms in total. The van der Waals surface area contributed by atoms with Crippen molar-refractivity contribution >= 4 is 39.1 Å². The lowest BCUT2D eigenvalue weighted by Gasteiger charge is -2.32. The minimum atomic E-state index is -0.268. The molecule has 2 aromatic heterocycles. The van der Waals surface area contributed by atoms with E-state index in [0.717, 1.165) is 82.0 Å². The quantitative estimate of drug-likeness (QED) is 0.0631. The molecule has 4 heterocycles. The summed E-state index contributed by atoms with van der Waals surface area (Å²) in [6.45, 7) is 7.02. The summed E-state index contributed by atoms with van der Waals surface area (Å²) in [5, 5.41) is 6.93. The summed E-state index contributed by atoms with van der Waals surface area (Å²) in [6.07, 6.45) is 10.1. The number of piperidine rings is 2. The zero-order chi connectivity index (χ0) is 45.5. The van der Waals surface area contributed by atoms with Crippen molar-refractivity contribution in [3.63, 3.8) is 0 Å². The van der Waals surface area contributed by atoms with Gasteiger partial charge in [0.05, 0.1) is 11.9 Å². The average Bonchev–Trinajstić information content (AvgIpc) is 3.36. The van der Waals surface area contributed by atoms with Crippen LogP contribution in [0.25, 0.3) is 0 Å². The van der Waals surface area contributed by atoms with Gasteiger partial charge in [0.2, 0.25) is 0 Å². The van der Waals surface area contributed by atoms with Crippen LogP contribution in [0, 0.1) is 0 Å². The van der Waals surface area contributed by atoms with Crippen LogP contribution in [-0.2, 0) is 6.54 Å². The number of aromatic amines is 1. The summed E-state index contributed by atoms with van der Waals surface area (Å²) >= 11 is 3.10. The maximum Gasteiger partial charge on any atom is 0.293 e. The van der Waals surface area contributed by atoms with Gasteiger partial charge in [-0.1, -0.05) is 113 Å². The van der Waals surface area contributed by atoms with E-state index in [9.17, 15) is 19.2 Å². The van der Waals surface area contributed by atoms with Crippen molar-refractivity contribution in [3.8, 4) is 11.5 Å². The first-order valence-electron chi connectivity index (χ1n) is 22.0. The van der Waals surface area contributed by atoms with Gasteiger partial charge in [-0.15, -0.1) is 0 Å². The number of halogens is 1. The number of ether oxygens (including phenoxy) is 2. The zero-order valence-electron chi connectivity index (χ0n) is 36.5. The molecule has 65 heavy (non-hydrogen) atoms. The summed E-state index contributed by atoms with van der Waals surface area (Å²) in [6, 6.07) is 38.4. The lowest BCUT2D eigenvalue weighted by Crippen LogP contribution is -2.42. The molecule has 0 saturated carbocycles. The highest BCUT2D eigenvalue weighted by atomic mass is 79.9. The summed E-state index contributed by atoms with van der Waals surface area (Å²) in [4.78, 5) is 63.6. The van der Waals surface area contributed by atoms with Gasteiger partial charge in [-0.25, -0.2) is 9.97 Å². The monoisotopic (exact) mass is 944 g/mol. The second-order valence-corrected chi connectivity index (χ2v) is 16.1. The Morgan fingerprint density at radius 2 is 1.06 bits per heavy atom. The number of para-hydroxylation sites is 2. The Kier molecular flexibility index (Phi) is 19.5. The number of anilines is 2. The van der Waals surface area contributed by atoms with E-state index in [2.05, 4.69) is 51.3 Å². The second-order valence-electron chi connectivity index (χ2n) is 15.5. The van der Waals surface area contributed by atoms with Crippen molar-refractivity contribution in [2.24, 2.45) is 0 Å². The molecule has 0 radical (unpaired) electrons. The number of likely N-dealkylation sites (tertiary alicyclic amines) is 2. The molecule has 2 aliphatic heterocycles. The zero-order valence-corrected chi connectivity index (χ0v) is 38.1. The van der Waals surface area contributed by atoms with E-state index in [1.807, 2.05) is 109 Å². The van der Waals surface area contributed by atoms with Crippen LogP contribution in [0.1, 0.15) is 46.4 Å². The van der Waals surface area contributed by atoms with E-state index in [-0.39, 0.29) is 35.3 Å². The highest BCUT2D eigenvalue weighted by Gasteiger charge is 2.22. The molecule has 340 valence electrons. The minimum absolute atomic E-state index is 0.0000938. The third-order valence-electron chi connectivity index (χ3n) is 10.9. The van der Waals surface area contributed by atoms with Gasteiger partial charge in [0.15, 0.2) is 23.2 Å². The Morgan fingerprint density at radius 3 is 1.54 bits per heavy atom. The Morgan fingerprint density at radius 1 is 0.615 bits per heavy atom. The maximum absolute atomic E-state index is 12.8. The van der Waals surface area contributed by atoms with Crippen LogP contribution in [0.15, 0.2) is 156 Å². The molecule has 0 spiro atoms. The fourth-order valence-electron chi connectivity index (χ4n) is 7.30. The molecule has 0 amide bonds. The lowest BCUT2D eigenvalue weighted by molar-refractivity contribution is 0.0969. The number of carbonyl (C=O) groups excluding carboxylic acids is 2.